The van der Waals surface area contributed by atoms with Crippen LogP contribution in [0.4, 0.5) is 0 Å². The summed E-state index contributed by atoms with van der Waals surface area (Å²) in [4.78, 5) is 0. The molecule has 0 aliphatic heterocycles. The van der Waals surface area contributed by atoms with Crippen molar-refractivity contribution in [3.8, 4) is 0 Å². The molecule has 0 aliphatic carbocycles. The lowest BCUT2D eigenvalue weighted by Crippen LogP contribution is -2.26. The first-order valence-corrected chi connectivity index (χ1v) is 7.07. The monoisotopic (exact) mass is 253 g/mol. The van der Waals surface area contributed by atoms with E-state index in [0.717, 1.165) is 19.5 Å². The zero-order chi connectivity index (χ0) is 13.4. The van der Waals surface area contributed by atoms with Gasteiger partial charge in [-0.25, -0.2) is 0 Å². The normalized spacial score (nSPS) is 14.7. The van der Waals surface area contributed by atoms with Crippen LogP contribution in [0.15, 0.2) is 12.4 Å². The van der Waals surface area contributed by atoms with Crippen molar-refractivity contribution in [2.75, 3.05) is 13.2 Å². The maximum absolute atomic E-state index is 9.04. The lowest BCUT2D eigenvalue weighted by atomic mass is 9.99. The van der Waals surface area contributed by atoms with Gasteiger partial charge in [-0.2, -0.15) is 5.10 Å². The summed E-state index contributed by atoms with van der Waals surface area (Å²) in [5.41, 5.74) is 1.23. The second kappa shape index (κ2) is 8.27. The molecule has 2 N–H and O–H groups in total. The molecule has 4 heteroatoms. The molecule has 0 fully saturated rings. The van der Waals surface area contributed by atoms with Gasteiger partial charge in [0.05, 0.1) is 6.20 Å². The van der Waals surface area contributed by atoms with Gasteiger partial charge in [0.2, 0.25) is 0 Å². The molecule has 2 atom stereocenters. The molecule has 4 nitrogen and oxygen atoms in total. The van der Waals surface area contributed by atoms with E-state index in [4.69, 9.17) is 5.11 Å². The fourth-order valence-electron chi connectivity index (χ4n) is 2.18. The van der Waals surface area contributed by atoms with E-state index >= 15 is 0 Å². The third-order valence-corrected chi connectivity index (χ3v) is 3.42. The van der Waals surface area contributed by atoms with Crippen molar-refractivity contribution in [3.05, 3.63) is 18.0 Å². The van der Waals surface area contributed by atoms with Crippen LogP contribution in [-0.4, -0.2) is 28.0 Å². The average Bonchev–Trinajstić information content (AvgIpc) is 2.85. The molecule has 0 spiro atoms. The van der Waals surface area contributed by atoms with Gasteiger partial charge in [0.25, 0.3) is 0 Å². The van der Waals surface area contributed by atoms with Gasteiger partial charge in [-0.15, -0.1) is 0 Å². The van der Waals surface area contributed by atoms with Crippen molar-refractivity contribution >= 4 is 0 Å². The van der Waals surface area contributed by atoms with Crippen LogP contribution in [0, 0.1) is 5.92 Å². The molecule has 18 heavy (non-hydrogen) atoms. The molecule has 0 radical (unpaired) electrons. The van der Waals surface area contributed by atoms with Crippen LogP contribution in [0.25, 0.3) is 0 Å². The SMILES string of the molecule is CCCC(CCO)CNC(C)c1cnn(CC)c1. The van der Waals surface area contributed by atoms with E-state index in [1.165, 1.54) is 18.4 Å². The molecule has 0 amide bonds. The van der Waals surface area contributed by atoms with Crippen molar-refractivity contribution in [1.29, 1.82) is 0 Å². The Hall–Kier alpha value is -0.870. The van der Waals surface area contributed by atoms with E-state index in [-0.39, 0.29) is 6.61 Å². The van der Waals surface area contributed by atoms with Crippen molar-refractivity contribution in [2.45, 2.75) is 52.6 Å². The largest absolute Gasteiger partial charge is 0.396 e. The van der Waals surface area contributed by atoms with E-state index in [1.807, 2.05) is 10.9 Å². The van der Waals surface area contributed by atoms with Gasteiger partial charge >= 0.3 is 0 Å². The second-order valence-electron chi connectivity index (χ2n) is 4.93. The van der Waals surface area contributed by atoms with E-state index in [1.54, 1.807) is 0 Å². The minimum Gasteiger partial charge on any atom is -0.396 e. The van der Waals surface area contributed by atoms with Crippen LogP contribution < -0.4 is 5.32 Å². The van der Waals surface area contributed by atoms with Crippen LogP contribution in [-0.2, 0) is 6.54 Å². The molecule has 1 aromatic rings. The highest BCUT2D eigenvalue weighted by Gasteiger charge is 2.11. The number of aliphatic hydroxyl groups is 1. The molecular formula is C14H27N3O. The fraction of sp³-hybridized carbons (Fsp3) is 0.786. The van der Waals surface area contributed by atoms with Crippen molar-refractivity contribution < 1.29 is 5.11 Å². The zero-order valence-electron chi connectivity index (χ0n) is 11.9. The quantitative estimate of drug-likeness (QED) is 0.710. The Labute approximate surface area is 110 Å². The van der Waals surface area contributed by atoms with Gasteiger partial charge in [0.1, 0.15) is 0 Å². The van der Waals surface area contributed by atoms with Crippen molar-refractivity contribution in [2.24, 2.45) is 5.92 Å². The summed E-state index contributed by atoms with van der Waals surface area (Å²) in [6, 6.07) is 0.323. The standard InChI is InChI=1S/C14H27N3O/c1-4-6-13(7-8-18)9-15-12(3)14-10-16-17(5-2)11-14/h10-13,15,18H,4-9H2,1-3H3. The van der Waals surface area contributed by atoms with Crippen LogP contribution in [0.5, 0.6) is 0 Å². The molecule has 1 rings (SSSR count). The summed E-state index contributed by atoms with van der Waals surface area (Å²) >= 11 is 0. The first-order valence-electron chi connectivity index (χ1n) is 7.07. The van der Waals surface area contributed by atoms with Crippen LogP contribution in [0.3, 0.4) is 0 Å². The van der Waals surface area contributed by atoms with Gasteiger partial charge < -0.3 is 10.4 Å². The summed E-state index contributed by atoms with van der Waals surface area (Å²) in [5, 5.41) is 16.9. The molecule has 104 valence electrons. The molecule has 0 bridgehead atoms. The Morgan fingerprint density at radius 1 is 1.39 bits per heavy atom. The summed E-state index contributed by atoms with van der Waals surface area (Å²) < 4.78 is 1.95. The molecule has 2 unspecified atom stereocenters. The summed E-state index contributed by atoms with van der Waals surface area (Å²) in [6.07, 6.45) is 7.27. The molecule has 0 saturated heterocycles. The van der Waals surface area contributed by atoms with Gasteiger partial charge in [-0.05, 0) is 39.2 Å². The highest BCUT2D eigenvalue weighted by atomic mass is 16.3. The van der Waals surface area contributed by atoms with Crippen LogP contribution >= 0.6 is 0 Å². The summed E-state index contributed by atoms with van der Waals surface area (Å²) in [7, 11) is 0. The second-order valence-corrected chi connectivity index (χ2v) is 4.93. The van der Waals surface area contributed by atoms with E-state index in [9.17, 15) is 0 Å². The lowest BCUT2D eigenvalue weighted by molar-refractivity contribution is 0.246. The molecule has 1 aromatic heterocycles. The third kappa shape index (κ3) is 4.78. The van der Waals surface area contributed by atoms with E-state index in [2.05, 4.69) is 37.4 Å². The number of hydrogen-bond donors (Lipinski definition) is 2. The Bertz CT molecular complexity index is 319. The van der Waals surface area contributed by atoms with Crippen LogP contribution in [0.2, 0.25) is 0 Å². The Morgan fingerprint density at radius 2 is 2.17 bits per heavy atom. The number of nitrogens with zero attached hydrogens (tertiary/aromatic N) is 2. The smallest absolute Gasteiger partial charge is 0.0537 e. The topological polar surface area (TPSA) is 50.1 Å². The Morgan fingerprint density at radius 3 is 2.72 bits per heavy atom. The first-order chi connectivity index (χ1) is 8.71. The molecular weight excluding hydrogens is 226 g/mol. The molecule has 0 saturated carbocycles. The Balaban J connectivity index is 2.40. The number of aliphatic hydroxyl groups excluding tert-OH is 1. The fourth-order valence-corrected chi connectivity index (χ4v) is 2.18. The lowest BCUT2D eigenvalue weighted by Gasteiger charge is -2.19. The minimum absolute atomic E-state index is 0.286. The van der Waals surface area contributed by atoms with Crippen molar-refractivity contribution in [1.82, 2.24) is 15.1 Å². The number of nitrogens with one attached hydrogen (secondary N) is 1. The van der Waals surface area contributed by atoms with Gasteiger partial charge in [-0.3, -0.25) is 4.68 Å². The molecule has 1 heterocycles. The molecule has 0 aromatic carbocycles. The Kier molecular flexibility index (Phi) is 6.98. The first kappa shape index (κ1) is 15.2. The van der Waals surface area contributed by atoms with Gasteiger partial charge in [0.15, 0.2) is 0 Å². The van der Waals surface area contributed by atoms with Gasteiger partial charge in [-0.1, -0.05) is 13.3 Å². The predicted molar refractivity (Wildman–Crippen MR) is 74.4 cm³/mol. The highest BCUT2D eigenvalue weighted by Crippen LogP contribution is 2.14. The van der Waals surface area contributed by atoms with Crippen molar-refractivity contribution in [3.63, 3.8) is 0 Å². The maximum atomic E-state index is 9.04. The van der Waals surface area contributed by atoms with Gasteiger partial charge in [0, 0.05) is 31.0 Å². The highest BCUT2D eigenvalue weighted by molar-refractivity contribution is 5.09. The summed E-state index contributed by atoms with van der Waals surface area (Å²) in [6.45, 7) is 8.61. The number of hydrogen-bond acceptors (Lipinski definition) is 3. The predicted octanol–water partition coefficient (Wildman–Crippen LogP) is 2.35. The number of aryl methyl sites for hydroxylation is 1. The van der Waals surface area contributed by atoms with Crippen LogP contribution in [0.1, 0.15) is 51.6 Å². The van der Waals surface area contributed by atoms with E-state index < -0.39 is 0 Å². The maximum Gasteiger partial charge on any atom is 0.0537 e. The average molecular weight is 253 g/mol. The van der Waals surface area contributed by atoms with E-state index in [0.29, 0.717) is 12.0 Å². The number of aromatic nitrogens is 2. The summed E-state index contributed by atoms with van der Waals surface area (Å²) in [5.74, 6) is 0.573. The molecule has 0 aliphatic rings. The number of rotatable bonds is 9. The minimum atomic E-state index is 0.286. The zero-order valence-corrected chi connectivity index (χ0v) is 11.9. The third-order valence-electron chi connectivity index (χ3n) is 3.42.